The minimum atomic E-state index is -1.26. The lowest BCUT2D eigenvalue weighted by atomic mass is 9.76. The fourth-order valence-electron chi connectivity index (χ4n) is 2.40. The number of carbonyl (C=O) groups is 1. The first-order valence-electron chi connectivity index (χ1n) is 5.81. The van der Waals surface area contributed by atoms with E-state index >= 15 is 0 Å². The van der Waals surface area contributed by atoms with Crippen molar-refractivity contribution < 1.29 is 15.0 Å². The van der Waals surface area contributed by atoms with Crippen LogP contribution in [0.4, 0.5) is 0 Å². The van der Waals surface area contributed by atoms with Crippen LogP contribution in [0.1, 0.15) is 30.7 Å². The third kappa shape index (κ3) is 2.39. The van der Waals surface area contributed by atoms with Crippen LogP contribution in [0.15, 0.2) is 42.5 Å². The molecule has 0 aromatic heterocycles. The van der Waals surface area contributed by atoms with Gasteiger partial charge in [-0.05, 0) is 24.8 Å². The Balaban J connectivity index is 2.39. The maximum Gasteiger partial charge on any atom is 0.314 e. The number of carboxylic acids is 1. The molecule has 2 atom stereocenters. The van der Waals surface area contributed by atoms with Crippen LogP contribution in [-0.4, -0.2) is 21.8 Å². The van der Waals surface area contributed by atoms with Gasteiger partial charge in [-0.2, -0.15) is 0 Å². The Kier molecular flexibility index (Phi) is 3.29. The van der Waals surface area contributed by atoms with Gasteiger partial charge in [-0.3, -0.25) is 4.79 Å². The van der Waals surface area contributed by atoms with Crippen molar-refractivity contribution in [3.05, 3.63) is 48.0 Å². The Hall–Kier alpha value is -1.61. The molecule has 2 N–H and O–H groups in total. The maximum absolute atomic E-state index is 11.4. The summed E-state index contributed by atoms with van der Waals surface area (Å²) in [5, 5.41) is 19.8. The van der Waals surface area contributed by atoms with Crippen LogP contribution >= 0.6 is 0 Å². The molecule has 0 spiro atoms. The lowest BCUT2D eigenvalue weighted by Crippen LogP contribution is -2.40. The highest BCUT2D eigenvalue weighted by atomic mass is 16.4. The third-order valence-corrected chi connectivity index (χ3v) is 3.23. The second-order valence-corrected chi connectivity index (χ2v) is 4.47. The minimum Gasteiger partial charge on any atom is -0.481 e. The van der Waals surface area contributed by atoms with Gasteiger partial charge in [0, 0.05) is 0 Å². The number of benzene rings is 1. The number of hydrogen-bond acceptors (Lipinski definition) is 2. The Labute approximate surface area is 100 Å². The number of aliphatic hydroxyl groups is 1. The number of hydrogen-bond donors (Lipinski definition) is 2. The summed E-state index contributed by atoms with van der Waals surface area (Å²) in [6.45, 7) is 0. The predicted molar refractivity (Wildman–Crippen MR) is 64.8 cm³/mol. The van der Waals surface area contributed by atoms with E-state index in [4.69, 9.17) is 0 Å². The molecule has 2 rings (SSSR count). The zero-order valence-corrected chi connectivity index (χ0v) is 9.54. The van der Waals surface area contributed by atoms with Gasteiger partial charge in [0.15, 0.2) is 0 Å². The highest BCUT2D eigenvalue weighted by molar-refractivity contribution is 5.78. The highest BCUT2D eigenvalue weighted by Gasteiger charge is 2.41. The molecule has 0 heterocycles. The zero-order valence-electron chi connectivity index (χ0n) is 9.54. The van der Waals surface area contributed by atoms with Crippen LogP contribution in [0.2, 0.25) is 0 Å². The molecule has 0 amide bonds. The van der Waals surface area contributed by atoms with E-state index in [1.165, 1.54) is 0 Å². The van der Waals surface area contributed by atoms with Crippen LogP contribution in [-0.2, 0) is 4.79 Å². The highest BCUT2D eigenvalue weighted by Crippen LogP contribution is 2.36. The molecule has 0 aliphatic heterocycles. The molecule has 3 nitrogen and oxygen atoms in total. The van der Waals surface area contributed by atoms with E-state index in [0.29, 0.717) is 12.0 Å². The number of aliphatic carboxylic acids is 1. The molecule has 0 fully saturated rings. The van der Waals surface area contributed by atoms with Crippen LogP contribution in [0, 0.1) is 0 Å². The van der Waals surface area contributed by atoms with E-state index in [1.54, 1.807) is 30.3 Å². The first-order chi connectivity index (χ1) is 8.13. The summed E-state index contributed by atoms with van der Waals surface area (Å²) in [6, 6.07) is 8.92. The fraction of sp³-hybridized carbons (Fsp3) is 0.357. The van der Waals surface area contributed by atoms with E-state index < -0.39 is 17.5 Å². The number of carboxylic acid groups (broad SMARTS) is 1. The molecule has 3 heteroatoms. The maximum atomic E-state index is 11.4. The lowest BCUT2D eigenvalue weighted by molar-refractivity contribution is -0.144. The molecular weight excluding hydrogens is 216 g/mol. The summed E-state index contributed by atoms with van der Waals surface area (Å²) in [5.74, 6) is -1.87. The normalized spacial score (nSPS) is 25.5. The average molecular weight is 232 g/mol. The molecule has 0 saturated heterocycles. The first kappa shape index (κ1) is 11.9. The molecule has 1 aliphatic rings. The van der Waals surface area contributed by atoms with Crippen molar-refractivity contribution in [1.82, 2.24) is 0 Å². The standard InChI is InChI=1S/C14H16O3/c15-13(16)12(11-7-3-1-4-8-11)14(17)9-5-2-6-10-14/h1,3-5,7-9,12,17H,2,6,10H2,(H,15,16). The molecule has 1 aromatic carbocycles. The third-order valence-electron chi connectivity index (χ3n) is 3.23. The molecule has 1 aromatic rings. The van der Waals surface area contributed by atoms with E-state index in [2.05, 4.69) is 0 Å². The van der Waals surface area contributed by atoms with Crippen molar-refractivity contribution in [2.24, 2.45) is 0 Å². The second-order valence-electron chi connectivity index (χ2n) is 4.47. The van der Waals surface area contributed by atoms with E-state index in [9.17, 15) is 15.0 Å². The topological polar surface area (TPSA) is 57.5 Å². The predicted octanol–water partition coefficient (Wildman–Crippen LogP) is 2.33. The minimum absolute atomic E-state index is 0.495. The molecule has 90 valence electrons. The van der Waals surface area contributed by atoms with Gasteiger partial charge in [-0.1, -0.05) is 42.5 Å². The molecule has 0 bridgehead atoms. The Morgan fingerprint density at radius 1 is 1.29 bits per heavy atom. The smallest absolute Gasteiger partial charge is 0.314 e. The molecule has 2 unspecified atom stereocenters. The lowest BCUT2D eigenvalue weighted by Gasteiger charge is -2.33. The van der Waals surface area contributed by atoms with Gasteiger partial charge in [0.2, 0.25) is 0 Å². The number of allylic oxidation sites excluding steroid dienone is 1. The first-order valence-corrected chi connectivity index (χ1v) is 5.81. The van der Waals surface area contributed by atoms with Crippen LogP contribution in [0.25, 0.3) is 0 Å². The molecule has 17 heavy (non-hydrogen) atoms. The van der Waals surface area contributed by atoms with E-state index in [-0.39, 0.29) is 0 Å². The van der Waals surface area contributed by atoms with E-state index in [0.717, 1.165) is 12.8 Å². The van der Waals surface area contributed by atoms with Crippen molar-refractivity contribution >= 4 is 5.97 Å². The molecule has 0 saturated carbocycles. The van der Waals surface area contributed by atoms with Crippen LogP contribution in [0.5, 0.6) is 0 Å². The average Bonchev–Trinajstić information content (AvgIpc) is 2.30. The molecule has 1 aliphatic carbocycles. The van der Waals surface area contributed by atoms with Crippen molar-refractivity contribution in [2.75, 3.05) is 0 Å². The van der Waals surface area contributed by atoms with Gasteiger partial charge >= 0.3 is 5.97 Å². The summed E-state index contributed by atoms with van der Waals surface area (Å²) in [6.07, 6.45) is 5.73. The van der Waals surface area contributed by atoms with Gasteiger partial charge in [0.05, 0.1) is 0 Å². The summed E-state index contributed by atoms with van der Waals surface area (Å²) >= 11 is 0. The summed E-state index contributed by atoms with van der Waals surface area (Å²) in [7, 11) is 0. The second kappa shape index (κ2) is 4.72. The summed E-state index contributed by atoms with van der Waals surface area (Å²) in [5.41, 5.74) is -0.611. The Morgan fingerprint density at radius 2 is 2.00 bits per heavy atom. The van der Waals surface area contributed by atoms with Gasteiger partial charge in [0.25, 0.3) is 0 Å². The quantitative estimate of drug-likeness (QED) is 0.786. The molecule has 0 radical (unpaired) electrons. The van der Waals surface area contributed by atoms with Crippen molar-refractivity contribution in [1.29, 1.82) is 0 Å². The Bertz CT molecular complexity index is 424. The zero-order chi connectivity index (χ0) is 12.3. The number of rotatable bonds is 3. The summed E-state index contributed by atoms with van der Waals surface area (Å²) < 4.78 is 0. The van der Waals surface area contributed by atoms with E-state index in [1.807, 2.05) is 12.1 Å². The van der Waals surface area contributed by atoms with Gasteiger partial charge in [0.1, 0.15) is 11.5 Å². The fourth-order valence-corrected chi connectivity index (χ4v) is 2.40. The van der Waals surface area contributed by atoms with Gasteiger partial charge in [-0.25, -0.2) is 0 Å². The largest absolute Gasteiger partial charge is 0.481 e. The van der Waals surface area contributed by atoms with Crippen LogP contribution in [0.3, 0.4) is 0 Å². The van der Waals surface area contributed by atoms with Crippen LogP contribution < -0.4 is 0 Å². The monoisotopic (exact) mass is 232 g/mol. The van der Waals surface area contributed by atoms with Crippen molar-refractivity contribution in [3.63, 3.8) is 0 Å². The Morgan fingerprint density at radius 3 is 2.53 bits per heavy atom. The van der Waals surface area contributed by atoms with Crippen molar-refractivity contribution in [2.45, 2.75) is 30.8 Å². The van der Waals surface area contributed by atoms with Gasteiger partial charge < -0.3 is 10.2 Å². The molecular formula is C14H16O3. The SMILES string of the molecule is O=C(O)C(c1ccccc1)C1(O)C=CCCC1. The van der Waals surface area contributed by atoms with Crippen molar-refractivity contribution in [3.8, 4) is 0 Å². The summed E-state index contributed by atoms with van der Waals surface area (Å²) in [4.78, 5) is 11.4. The van der Waals surface area contributed by atoms with Gasteiger partial charge in [-0.15, -0.1) is 0 Å².